The van der Waals surface area contributed by atoms with Gasteiger partial charge in [-0.1, -0.05) is 12.1 Å². The summed E-state index contributed by atoms with van der Waals surface area (Å²) in [6, 6.07) is 11.4. The van der Waals surface area contributed by atoms with E-state index >= 15 is 0 Å². The molecule has 0 radical (unpaired) electrons. The normalized spacial score (nSPS) is 10.5. The number of benzene rings is 1. The van der Waals surface area contributed by atoms with Crippen molar-refractivity contribution in [1.29, 1.82) is 0 Å². The Bertz CT molecular complexity index is 843. The van der Waals surface area contributed by atoms with E-state index in [1.54, 1.807) is 12.4 Å². The maximum absolute atomic E-state index is 12.1. The third kappa shape index (κ3) is 3.63. The second kappa shape index (κ2) is 6.44. The van der Waals surface area contributed by atoms with Crippen molar-refractivity contribution in [2.75, 3.05) is 5.32 Å². The van der Waals surface area contributed by atoms with Gasteiger partial charge in [-0.15, -0.1) is 0 Å². The van der Waals surface area contributed by atoms with Gasteiger partial charge in [0.15, 0.2) is 0 Å². The fraction of sp³-hybridized carbons (Fsp3) is 0.167. The molecule has 0 bridgehead atoms. The lowest BCUT2D eigenvalue weighted by Crippen LogP contribution is -2.28. The van der Waals surface area contributed by atoms with Gasteiger partial charge >= 0.3 is 6.03 Å². The highest BCUT2D eigenvalue weighted by atomic mass is 16.2. The molecule has 0 spiro atoms. The van der Waals surface area contributed by atoms with Gasteiger partial charge in [0.2, 0.25) is 0 Å². The maximum atomic E-state index is 12.1. The summed E-state index contributed by atoms with van der Waals surface area (Å²) in [5.74, 6) is 0. The highest BCUT2D eigenvalue weighted by molar-refractivity contribution is 5.99. The first-order valence-corrected chi connectivity index (χ1v) is 7.43. The van der Waals surface area contributed by atoms with Gasteiger partial charge in [0.1, 0.15) is 0 Å². The van der Waals surface area contributed by atoms with Crippen LogP contribution in [-0.2, 0) is 6.54 Å². The van der Waals surface area contributed by atoms with Crippen molar-refractivity contribution in [1.82, 2.24) is 15.3 Å². The fourth-order valence-corrected chi connectivity index (χ4v) is 2.39. The van der Waals surface area contributed by atoms with Crippen LogP contribution in [0.25, 0.3) is 10.9 Å². The lowest BCUT2D eigenvalue weighted by molar-refractivity contribution is 0.252. The molecule has 0 saturated carbocycles. The molecule has 0 aliphatic rings. The van der Waals surface area contributed by atoms with E-state index in [-0.39, 0.29) is 6.03 Å². The van der Waals surface area contributed by atoms with Gasteiger partial charge in [0.05, 0.1) is 11.2 Å². The van der Waals surface area contributed by atoms with Crippen LogP contribution in [0.3, 0.4) is 0 Å². The van der Waals surface area contributed by atoms with Crippen LogP contribution in [0.15, 0.2) is 48.8 Å². The van der Waals surface area contributed by atoms with Crippen LogP contribution in [0.2, 0.25) is 0 Å². The smallest absolute Gasteiger partial charge is 0.319 e. The summed E-state index contributed by atoms with van der Waals surface area (Å²) < 4.78 is 0. The average molecular weight is 306 g/mol. The predicted octanol–water partition coefficient (Wildman–Crippen LogP) is 3.57. The lowest BCUT2D eigenvalue weighted by atomic mass is 10.1. The van der Waals surface area contributed by atoms with Crippen LogP contribution in [0.5, 0.6) is 0 Å². The Kier molecular flexibility index (Phi) is 4.19. The SMILES string of the molecule is Cc1cc(NC(=O)NCc2ccc(C)nc2)c2ncccc2c1. The highest BCUT2D eigenvalue weighted by Gasteiger charge is 2.07. The quantitative estimate of drug-likeness (QED) is 0.777. The van der Waals surface area contributed by atoms with Gasteiger partial charge in [-0.3, -0.25) is 9.97 Å². The van der Waals surface area contributed by atoms with Crippen LogP contribution in [0, 0.1) is 13.8 Å². The molecule has 0 aliphatic heterocycles. The zero-order valence-corrected chi connectivity index (χ0v) is 13.1. The molecule has 0 unspecified atom stereocenters. The van der Waals surface area contributed by atoms with E-state index < -0.39 is 0 Å². The van der Waals surface area contributed by atoms with Crippen molar-refractivity contribution in [3.05, 3.63) is 65.6 Å². The van der Waals surface area contributed by atoms with Crippen molar-refractivity contribution in [3.8, 4) is 0 Å². The van der Waals surface area contributed by atoms with Gasteiger partial charge in [-0.2, -0.15) is 0 Å². The van der Waals surface area contributed by atoms with E-state index in [1.165, 1.54) is 0 Å². The minimum Gasteiger partial charge on any atom is -0.334 e. The van der Waals surface area contributed by atoms with Crippen LogP contribution in [-0.4, -0.2) is 16.0 Å². The van der Waals surface area contributed by atoms with Gasteiger partial charge in [-0.05, 0) is 49.2 Å². The van der Waals surface area contributed by atoms with E-state index in [1.807, 2.05) is 50.2 Å². The third-order valence-electron chi connectivity index (χ3n) is 3.52. The monoisotopic (exact) mass is 306 g/mol. The molecule has 3 aromatic rings. The number of aryl methyl sites for hydroxylation is 2. The van der Waals surface area contributed by atoms with E-state index in [0.29, 0.717) is 12.2 Å². The highest BCUT2D eigenvalue weighted by Crippen LogP contribution is 2.23. The van der Waals surface area contributed by atoms with Gasteiger partial charge in [-0.25, -0.2) is 4.79 Å². The summed E-state index contributed by atoms with van der Waals surface area (Å²) in [7, 11) is 0. The molecule has 23 heavy (non-hydrogen) atoms. The summed E-state index contributed by atoms with van der Waals surface area (Å²) in [5.41, 5.74) is 4.47. The Hall–Kier alpha value is -2.95. The molecule has 0 fully saturated rings. The Morgan fingerprint density at radius 2 is 2.00 bits per heavy atom. The minimum atomic E-state index is -0.261. The molecule has 5 nitrogen and oxygen atoms in total. The number of nitrogens with one attached hydrogen (secondary N) is 2. The Morgan fingerprint density at radius 1 is 1.13 bits per heavy atom. The van der Waals surface area contributed by atoms with E-state index in [4.69, 9.17) is 0 Å². The number of hydrogen-bond donors (Lipinski definition) is 2. The first-order chi connectivity index (χ1) is 11.1. The van der Waals surface area contributed by atoms with Crippen molar-refractivity contribution >= 4 is 22.6 Å². The lowest BCUT2D eigenvalue weighted by Gasteiger charge is -2.10. The van der Waals surface area contributed by atoms with E-state index in [9.17, 15) is 4.79 Å². The number of amides is 2. The molecule has 116 valence electrons. The third-order valence-corrected chi connectivity index (χ3v) is 3.52. The zero-order chi connectivity index (χ0) is 16.2. The Labute approximate surface area is 134 Å². The largest absolute Gasteiger partial charge is 0.334 e. The number of pyridine rings is 2. The molecule has 2 aromatic heterocycles. The van der Waals surface area contributed by atoms with Gasteiger partial charge < -0.3 is 10.6 Å². The number of nitrogens with zero attached hydrogens (tertiary/aromatic N) is 2. The number of hydrogen-bond acceptors (Lipinski definition) is 3. The van der Waals surface area contributed by atoms with E-state index in [0.717, 1.165) is 27.7 Å². The number of carbonyl (C=O) groups is 1. The summed E-state index contributed by atoms with van der Waals surface area (Å²) in [6.07, 6.45) is 3.48. The molecule has 1 aromatic carbocycles. The van der Waals surface area contributed by atoms with Crippen LogP contribution < -0.4 is 10.6 Å². The first-order valence-electron chi connectivity index (χ1n) is 7.43. The summed E-state index contributed by atoms with van der Waals surface area (Å²) >= 11 is 0. The molecule has 2 heterocycles. The Morgan fingerprint density at radius 3 is 2.78 bits per heavy atom. The molecule has 5 heteroatoms. The van der Waals surface area contributed by atoms with Crippen molar-refractivity contribution in [2.24, 2.45) is 0 Å². The van der Waals surface area contributed by atoms with Crippen molar-refractivity contribution < 1.29 is 4.79 Å². The standard InChI is InChI=1S/C18H18N4O/c1-12-8-15-4-3-7-19-17(15)16(9-12)22-18(23)21-11-14-6-5-13(2)20-10-14/h3-10H,11H2,1-2H3,(H2,21,22,23). The summed E-state index contributed by atoms with van der Waals surface area (Å²) in [5, 5.41) is 6.71. The van der Waals surface area contributed by atoms with Gasteiger partial charge in [0.25, 0.3) is 0 Å². The van der Waals surface area contributed by atoms with Crippen LogP contribution in [0.4, 0.5) is 10.5 Å². The maximum Gasteiger partial charge on any atom is 0.319 e. The minimum absolute atomic E-state index is 0.261. The van der Waals surface area contributed by atoms with E-state index in [2.05, 4.69) is 20.6 Å². The number of urea groups is 1. The molecule has 2 N–H and O–H groups in total. The van der Waals surface area contributed by atoms with Crippen molar-refractivity contribution in [2.45, 2.75) is 20.4 Å². The number of fused-ring (bicyclic) bond motifs is 1. The second-order valence-corrected chi connectivity index (χ2v) is 5.50. The fourth-order valence-electron chi connectivity index (χ4n) is 2.39. The van der Waals surface area contributed by atoms with Crippen LogP contribution in [0.1, 0.15) is 16.8 Å². The number of rotatable bonds is 3. The average Bonchev–Trinajstić information content (AvgIpc) is 2.54. The summed E-state index contributed by atoms with van der Waals surface area (Å²) in [4.78, 5) is 20.7. The summed E-state index contributed by atoms with van der Waals surface area (Å²) in [6.45, 7) is 4.35. The topological polar surface area (TPSA) is 66.9 Å². The molecule has 0 aliphatic carbocycles. The zero-order valence-electron chi connectivity index (χ0n) is 13.1. The van der Waals surface area contributed by atoms with Gasteiger partial charge in [0, 0.05) is 30.0 Å². The number of aromatic nitrogens is 2. The number of carbonyl (C=O) groups excluding carboxylic acids is 1. The van der Waals surface area contributed by atoms with Crippen molar-refractivity contribution in [3.63, 3.8) is 0 Å². The molecular formula is C18H18N4O. The number of anilines is 1. The second-order valence-electron chi connectivity index (χ2n) is 5.50. The first kappa shape index (κ1) is 15.0. The molecule has 2 amide bonds. The van der Waals surface area contributed by atoms with Crippen LogP contribution >= 0.6 is 0 Å². The molecular weight excluding hydrogens is 288 g/mol. The predicted molar refractivity (Wildman–Crippen MR) is 91.3 cm³/mol. The molecule has 0 saturated heterocycles. The molecule has 3 rings (SSSR count). The molecule has 0 atom stereocenters. The Balaban J connectivity index is 1.71.